The third kappa shape index (κ3) is 1.17. The average molecular weight is 271 g/mol. The number of benzene rings is 1. The van der Waals surface area contributed by atoms with E-state index in [0.29, 0.717) is 17.7 Å². The van der Waals surface area contributed by atoms with Gasteiger partial charge in [-0.25, -0.2) is 0 Å². The number of methoxy groups -OCH3 is 1. The average Bonchev–Trinajstić information content (AvgIpc) is 2.46. The highest BCUT2D eigenvalue weighted by atomic mass is 16.5. The highest BCUT2D eigenvalue weighted by Gasteiger charge is 2.76. The third-order valence-electron chi connectivity index (χ3n) is 4.46. The van der Waals surface area contributed by atoms with E-state index in [4.69, 9.17) is 9.47 Å². The van der Waals surface area contributed by atoms with E-state index < -0.39 is 22.9 Å². The van der Waals surface area contributed by atoms with Crippen molar-refractivity contribution in [2.45, 2.75) is 19.4 Å². The topological polar surface area (TPSA) is 76.4 Å². The summed E-state index contributed by atoms with van der Waals surface area (Å²) in [5.41, 5.74) is -2.32. The fraction of sp³-hybridized carbons (Fsp3) is 0.400. The molecule has 1 fully saturated rings. The van der Waals surface area contributed by atoms with Crippen molar-refractivity contribution in [2.75, 3.05) is 7.11 Å². The number of hydrogen-bond donors (Lipinski definition) is 0. The second-order valence-corrected chi connectivity index (χ2v) is 5.38. The van der Waals surface area contributed by atoms with Gasteiger partial charge in [0.25, 0.3) is 0 Å². The predicted molar refractivity (Wildman–Crippen MR) is 68.0 cm³/mol. The van der Waals surface area contributed by atoms with Crippen LogP contribution >= 0.6 is 0 Å². The Balaban J connectivity index is 2.22. The smallest absolute Gasteiger partial charge is 0.325 e. The summed E-state index contributed by atoms with van der Waals surface area (Å²) in [5.74, 6) is -0.620. The van der Waals surface area contributed by atoms with Crippen LogP contribution in [0, 0.1) is 22.2 Å². The zero-order valence-corrected chi connectivity index (χ0v) is 11.2. The number of nitrogens with zero attached hydrogens (tertiary/aromatic N) is 1. The second-order valence-electron chi connectivity index (χ2n) is 5.38. The highest BCUT2D eigenvalue weighted by Crippen LogP contribution is 2.62. The van der Waals surface area contributed by atoms with Gasteiger partial charge < -0.3 is 9.47 Å². The number of ether oxygens (including phenoxy) is 2. The summed E-state index contributed by atoms with van der Waals surface area (Å²) in [6.07, 6.45) is -0.305. The zero-order chi connectivity index (χ0) is 14.5. The summed E-state index contributed by atoms with van der Waals surface area (Å²) in [5, 5.41) is 9.39. The third-order valence-corrected chi connectivity index (χ3v) is 4.46. The lowest BCUT2D eigenvalue weighted by Crippen LogP contribution is -2.71. The van der Waals surface area contributed by atoms with Gasteiger partial charge in [-0.05, 0) is 19.1 Å². The molecule has 0 N–H and O–H groups in total. The molecular formula is C15H13NO4. The van der Waals surface area contributed by atoms with Crippen molar-refractivity contribution in [3.63, 3.8) is 0 Å². The molecule has 20 heavy (non-hydrogen) atoms. The summed E-state index contributed by atoms with van der Waals surface area (Å²) in [6.45, 7) is 1.61. The van der Waals surface area contributed by atoms with Crippen molar-refractivity contribution < 1.29 is 19.1 Å². The maximum Gasteiger partial charge on any atom is 0.325 e. The van der Waals surface area contributed by atoms with Gasteiger partial charge in [0.1, 0.15) is 11.9 Å². The number of hydrogen-bond acceptors (Lipinski definition) is 5. The number of carbonyl (C=O) groups is 2. The van der Waals surface area contributed by atoms with Crippen molar-refractivity contribution in [1.82, 2.24) is 0 Å². The molecule has 1 aliphatic heterocycles. The number of rotatable bonds is 1. The van der Waals surface area contributed by atoms with Crippen LogP contribution in [-0.4, -0.2) is 25.0 Å². The first-order valence-corrected chi connectivity index (χ1v) is 6.31. The lowest BCUT2D eigenvalue weighted by Gasteiger charge is -2.57. The SMILES string of the molecule is COC(=O)C12C(=O)c3ccccc3OC1CC2(C)C#N. The summed E-state index contributed by atoms with van der Waals surface area (Å²) < 4.78 is 10.6. The normalized spacial score (nSPS) is 33.9. The van der Waals surface area contributed by atoms with Crippen LogP contribution in [0.15, 0.2) is 24.3 Å². The standard InChI is InChI=1S/C15H13NO4/c1-14(8-16)7-11-15(14,13(18)19-2)12(17)9-5-3-4-6-10(9)20-11/h3-6,11H,7H2,1-2H3. The number of ketones is 1. The number of carbonyl (C=O) groups excluding carboxylic acids is 2. The number of nitriles is 1. The molecule has 102 valence electrons. The fourth-order valence-corrected chi connectivity index (χ4v) is 3.30. The van der Waals surface area contributed by atoms with Crippen molar-refractivity contribution >= 4 is 11.8 Å². The first-order valence-electron chi connectivity index (χ1n) is 6.31. The minimum atomic E-state index is -1.55. The Morgan fingerprint density at radius 1 is 1.50 bits per heavy atom. The van der Waals surface area contributed by atoms with Gasteiger partial charge in [0.15, 0.2) is 11.2 Å². The number of fused-ring (bicyclic) bond motifs is 2. The predicted octanol–water partition coefficient (Wildman–Crippen LogP) is 1.72. The molecule has 3 rings (SSSR count). The first-order chi connectivity index (χ1) is 9.51. The molecule has 0 aromatic heterocycles. The van der Waals surface area contributed by atoms with Crippen LogP contribution < -0.4 is 4.74 Å². The molecule has 5 heteroatoms. The molecule has 2 aliphatic rings. The largest absolute Gasteiger partial charge is 0.488 e. The molecule has 0 bridgehead atoms. The van der Waals surface area contributed by atoms with Gasteiger partial charge in [0.2, 0.25) is 0 Å². The molecule has 1 aromatic carbocycles. The molecule has 1 aliphatic carbocycles. The Labute approximate surface area is 116 Å². The van der Waals surface area contributed by atoms with E-state index in [2.05, 4.69) is 6.07 Å². The molecule has 3 atom stereocenters. The molecule has 1 aromatic rings. The van der Waals surface area contributed by atoms with E-state index in [-0.39, 0.29) is 5.78 Å². The van der Waals surface area contributed by atoms with E-state index in [9.17, 15) is 14.9 Å². The van der Waals surface area contributed by atoms with Gasteiger partial charge in [-0.3, -0.25) is 9.59 Å². The molecule has 5 nitrogen and oxygen atoms in total. The van der Waals surface area contributed by atoms with E-state index >= 15 is 0 Å². The molecule has 1 heterocycles. The van der Waals surface area contributed by atoms with Gasteiger partial charge in [-0.2, -0.15) is 5.26 Å². The van der Waals surface area contributed by atoms with Crippen molar-refractivity contribution in [3.05, 3.63) is 29.8 Å². The monoisotopic (exact) mass is 271 g/mol. The Morgan fingerprint density at radius 3 is 2.85 bits per heavy atom. The molecular weight excluding hydrogens is 258 g/mol. The lowest BCUT2D eigenvalue weighted by molar-refractivity contribution is -0.183. The van der Waals surface area contributed by atoms with Gasteiger partial charge in [0, 0.05) is 6.42 Å². The lowest BCUT2D eigenvalue weighted by atomic mass is 9.45. The van der Waals surface area contributed by atoms with Gasteiger partial charge in [-0.1, -0.05) is 12.1 Å². The molecule has 1 saturated carbocycles. The van der Waals surface area contributed by atoms with Crippen LogP contribution in [0.5, 0.6) is 5.75 Å². The van der Waals surface area contributed by atoms with Crippen LogP contribution in [0.3, 0.4) is 0 Å². The number of para-hydroxylation sites is 1. The molecule has 0 amide bonds. The summed E-state index contributed by atoms with van der Waals surface area (Å²) in [4.78, 5) is 25.1. The van der Waals surface area contributed by atoms with Crippen LogP contribution in [0.1, 0.15) is 23.7 Å². The Hall–Kier alpha value is -2.35. The molecule has 0 radical (unpaired) electrons. The molecule has 0 saturated heterocycles. The maximum atomic E-state index is 12.8. The zero-order valence-electron chi connectivity index (χ0n) is 11.2. The van der Waals surface area contributed by atoms with Crippen molar-refractivity contribution in [3.8, 4) is 11.8 Å². The van der Waals surface area contributed by atoms with Gasteiger partial charge in [0.05, 0.1) is 24.2 Å². The number of Topliss-reactive ketones (excluding diaryl/α,β-unsaturated/α-hetero) is 1. The Morgan fingerprint density at radius 2 is 2.20 bits per heavy atom. The minimum absolute atomic E-state index is 0.329. The van der Waals surface area contributed by atoms with E-state index in [0.717, 1.165) is 0 Å². The van der Waals surface area contributed by atoms with Gasteiger partial charge >= 0.3 is 5.97 Å². The fourth-order valence-electron chi connectivity index (χ4n) is 3.30. The van der Waals surface area contributed by atoms with Crippen LogP contribution in [0.2, 0.25) is 0 Å². The van der Waals surface area contributed by atoms with Crippen molar-refractivity contribution in [1.29, 1.82) is 5.26 Å². The minimum Gasteiger partial charge on any atom is -0.488 e. The Kier molecular flexibility index (Phi) is 2.42. The Bertz CT molecular complexity index is 662. The highest BCUT2D eigenvalue weighted by molar-refractivity contribution is 6.17. The van der Waals surface area contributed by atoms with E-state index in [1.54, 1.807) is 31.2 Å². The number of esters is 1. The van der Waals surface area contributed by atoms with Crippen LogP contribution in [0.25, 0.3) is 0 Å². The molecule has 0 spiro atoms. The second kappa shape index (κ2) is 3.83. The first kappa shape index (κ1) is 12.7. The van der Waals surface area contributed by atoms with Crippen LogP contribution in [-0.2, 0) is 9.53 Å². The van der Waals surface area contributed by atoms with E-state index in [1.807, 2.05) is 0 Å². The van der Waals surface area contributed by atoms with Crippen LogP contribution in [0.4, 0.5) is 0 Å². The summed E-state index contributed by atoms with van der Waals surface area (Å²) in [7, 11) is 1.22. The van der Waals surface area contributed by atoms with E-state index in [1.165, 1.54) is 7.11 Å². The summed E-state index contributed by atoms with van der Waals surface area (Å²) >= 11 is 0. The summed E-state index contributed by atoms with van der Waals surface area (Å²) in [6, 6.07) is 8.85. The van der Waals surface area contributed by atoms with Gasteiger partial charge in [-0.15, -0.1) is 0 Å². The van der Waals surface area contributed by atoms with Crippen molar-refractivity contribution in [2.24, 2.45) is 10.8 Å². The quantitative estimate of drug-likeness (QED) is 0.574. The molecule has 3 unspecified atom stereocenters. The maximum absolute atomic E-state index is 12.8.